The van der Waals surface area contributed by atoms with Gasteiger partial charge in [0.25, 0.3) is 0 Å². The fourth-order valence-electron chi connectivity index (χ4n) is 2.58. The highest BCUT2D eigenvalue weighted by molar-refractivity contribution is 5.79. The molecule has 1 rings (SSSR count). The summed E-state index contributed by atoms with van der Waals surface area (Å²) in [6.45, 7) is 7.40. The van der Waals surface area contributed by atoms with Crippen molar-refractivity contribution in [3.63, 3.8) is 0 Å². The first kappa shape index (κ1) is 17.2. The third kappa shape index (κ3) is 6.51. The maximum absolute atomic E-state index is 11.7. The van der Waals surface area contributed by atoms with Crippen LogP contribution in [0.15, 0.2) is 23.3 Å². The van der Waals surface area contributed by atoms with E-state index in [9.17, 15) is 4.79 Å². The van der Waals surface area contributed by atoms with E-state index in [1.165, 1.54) is 43.3 Å². The molecule has 0 aliphatic heterocycles. The number of Topliss-reactive ketones (excluding diaryl/α,β-unsaturated/α-hetero) is 1. The zero-order valence-electron chi connectivity index (χ0n) is 13.4. The molecule has 0 fully saturated rings. The Bertz CT molecular complexity index is 334. The van der Waals surface area contributed by atoms with Crippen molar-refractivity contribution in [1.29, 1.82) is 0 Å². The van der Waals surface area contributed by atoms with Crippen molar-refractivity contribution in [2.75, 3.05) is 13.2 Å². The molecule has 2 heteroatoms. The maximum Gasteiger partial charge on any atom is 0.158 e. The summed E-state index contributed by atoms with van der Waals surface area (Å²) in [7, 11) is 0. The summed E-state index contributed by atoms with van der Waals surface area (Å²) in [6, 6.07) is 0. The lowest BCUT2D eigenvalue weighted by molar-refractivity contribution is -0.123. The van der Waals surface area contributed by atoms with Gasteiger partial charge in [-0.2, -0.15) is 0 Å². The van der Waals surface area contributed by atoms with E-state index in [4.69, 9.17) is 4.74 Å². The van der Waals surface area contributed by atoms with Gasteiger partial charge in [0.1, 0.15) is 6.61 Å². The van der Waals surface area contributed by atoms with E-state index in [2.05, 4.69) is 32.9 Å². The van der Waals surface area contributed by atoms with E-state index in [1.807, 2.05) is 0 Å². The van der Waals surface area contributed by atoms with Crippen LogP contribution in [-0.2, 0) is 9.53 Å². The molecular formula is C18H30O2. The molecule has 0 N–H and O–H groups in total. The van der Waals surface area contributed by atoms with E-state index in [-0.39, 0.29) is 12.4 Å². The SMILES string of the molecule is CCCCCCCCC(=O)COCC1C(C)=CC=C1C. The smallest absolute Gasteiger partial charge is 0.158 e. The minimum Gasteiger partial charge on any atom is -0.373 e. The quantitative estimate of drug-likeness (QED) is 0.505. The summed E-state index contributed by atoms with van der Waals surface area (Å²) in [5.41, 5.74) is 2.68. The Morgan fingerprint density at radius 3 is 2.30 bits per heavy atom. The van der Waals surface area contributed by atoms with Gasteiger partial charge >= 0.3 is 0 Å². The highest BCUT2D eigenvalue weighted by atomic mass is 16.5. The molecule has 114 valence electrons. The normalized spacial score (nSPS) is 15.3. The van der Waals surface area contributed by atoms with Gasteiger partial charge in [-0.3, -0.25) is 4.79 Å². The molecule has 0 bridgehead atoms. The van der Waals surface area contributed by atoms with Crippen molar-refractivity contribution in [1.82, 2.24) is 0 Å². The van der Waals surface area contributed by atoms with Crippen LogP contribution in [0, 0.1) is 5.92 Å². The maximum atomic E-state index is 11.7. The van der Waals surface area contributed by atoms with Crippen LogP contribution in [0.25, 0.3) is 0 Å². The molecule has 0 aromatic carbocycles. The number of hydrogen-bond acceptors (Lipinski definition) is 2. The molecule has 0 radical (unpaired) electrons. The van der Waals surface area contributed by atoms with Gasteiger partial charge in [0.05, 0.1) is 6.61 Å². The number of carbonyl (C=O) groups excluding carboxylic acids is 1. The Labute approximate surface area is 124 Å². The summed E-state index contributed by atoms with van der Waals surface area (Å²) in [5.74, 6) is 0.638. The second-order valence-electron chi connectivity index (χ2n) is 5.95. The molecular weight excluding hydrogens is 248 g/mol. The van der Waals surface area contributed by atoms with Crippen molar-refractivity contribution < 1.29 is 9.53 Å². The molecule has 0 amide bonds. The number of carbonyl (C=O) groups is 1. The fourth-order valence-corrected chi connectivity index (χ4v) is 2.58. The van der Waals surface area contributed by atoms with Crippen LogP contribution < -0.4 is 0 Å². The van der Waals surface area contributed by atoms with E-state index in [1.54, 1.807) is 0 Å². The van der Waals surface area contributed by atoms with Crippen LogP contribution in [0.2, 0.25) is 0 Å². The number of hydrogen-bond donors (Lipinski definition) is 0. The Kier molecular flexibility index (Phi) is 8.52. The average molecular weight is 278 g/mol. The summed E-state index contributed by atoms with van der Waals surface area (Å²) in [4.78, 5) is 11.7. The highest BCUT2D eigenvalue weighted by Gasteiger charge is 2.17. The Hall–Kier alpha value is -0.890. The van der Waals surface area contributed by atoms with Crippen molar-refractivity contribution in [3.8, 4) is 0 Å². The second kappa shape index (κ2) is 9.93. The molecule has 0 saturated heterocycles. The first-order valence-corrected chi connectivity index (χ1v) is 8.09. The summed E-state index contributed by atoms with van der Waals surface area (Å²) in [6.07, 6.45) is 12.3. The van der Waals surface area contributed by atoms with Gasteiger partial charge in [-0.15, -0.1) is 0 Å². The standard InChI is InChI=1S/C18H30O2/c1-4-5-6-7-8-9-10-17(19)13-20-14-18-15(2)11-12-16(18)3/h11-12,18H,4-10,13-14H2,1-3H3. The largest absolute Gasteiger partial charge is 0.373 e. The lowest BCUT2D eigenvalue weighted by Crippen LogP contribution is -2.15. The van der Waals surface area contributed by atoms with E-state index >= 15 is 0 Å². The summed E-state index contributed by atoms with van der Waals surface area (Å²) in [5, 5.41) is 0. The number of rotatable bonds is 11. The monoisotopic (exact) mass is 278 g/mol. The van der Waals surface area contributed by atoms with Gasteiger partial charge in [-0.1, -0.05) is 62.3 Å². The van der Waals surface area contributed by atoms with Gasteiger partial charge in [-0.05, 0) is 20.3 Å². The molecule has 0 spiro atoms. The Morgan fingerprint density at radius 1 is 1.05 bits per heavy atom. The first-order valence-electron chi connectivity index (χ1n) is 8.09. The van der Waals surface area contributed by atoms with Crippen molar-refractivity contribution in [2.24, 2.45) is 5.92 Å². The Morgan fingerprint density at radius 2 is 1.65 bits per heavy atom. The predicted molar refractivity (Wildman–Crippen MR) is 84.8 cm³/mol. The fraction of sp³-hybridized carbons (Fsp3) is 0.722. The predicted octanol–water partition coefficient (Wildman–Crippen LogP) is 4.85. The molecule has 1 aliphatic carbocycles. The summed E-state index contributed by atoms with van der Waals surface area (Å²) >= 11 is 0. The van der Waals surface area contributed by atoms with E-state index in [0.717, 1.165) is 6.42 Å². The molecule has 0 heterocycles. The molecule has 0 aromatic heterocycles. The second-order valence-corrected chi connectivity index (χ2v) is 5.95. The Balaban J connectivity index is 2.00. The minimum atomic E-state index is 0.252. The molecule has 0 atom stereocenters. The van der Waals surface area contributed by atoms with Crippen molar-refractivity contribution in [2.45, 2.75) is 65.7 Å². The van der Waals surface area contributed by atoms with Gasteiger partial charge in [0.2, 0.25) is 0 Å². The number of unbranched alkanes of at least 4 members (excludes halogenated alkanes) is 5. The molecule has 0 unspecified atom stereocenters. The van der Waals surface area contributed by atoms with Crippen LogP contribution in [0.4, 0.5) is 0 Å². The summed E-state index contributed by atoms with van der Waals surface area (Å²) < 4.78 is 5.58. The average Bonchev–Trinajstić information content (AvgIpc) is 2.74. The van der Waals surface area contributed by atoms with Crippen LogP contribution in [0.1, 0.15) is 65.7 Å². The van der Waals surface area contributed by atoms with Crippen LogP contribution in [-0.4, -0.2) is 19.0 Å². The van der Waals surface area contributed by atoms with E-state index < -0.39 is 0 Å². The third-order valence-electron chi connectivity index (χ3n) is 4.07. The van der Waals surface area contributed by atoms with Crippen LogP contribution in [0.3, 0.4) is 0 Å². The van der Waals surface area contributed by atoms with Crippen LogP contribution >= 0.6 is 0 Å². The lowest BCUT2D eigenvalue weighted by atomic mass is 9.99. The zero-order valence-corrected chi connectivity index (χ0v) is 13.4. The van der Waals surface area contributed by atoms with E-state index in [0.29, 0.717) is 18.9 Å². The molecule has 1 aliphatic rings. The number of ether oxygens (including phenoxy) is 1. The van der Waals surface area contributed by atoms with Gasteiger partial charge in [0.15, 0.2) is 5.78 Å². The minimum absolute atomic E-state index is 0.252. The van der Waals surface area contributed by atoms with Crippen molar-refractivity contribution in [3.05, 3.63) is 23.3 Å². The zero-order chi connectivity index (χ0) is 14.8. The number of allylic oxidation sites excluding steroid dienone is 2. The van der Waals surface area contributed by atoms with Crippen molar-refractivity contribution >= 4 is 5.78 Å². The first-order chi connectivity index (χ1) is 9.65. The molecule has 20 heavy (non-hydrogen) atoms. The van der Waals surface area contributed by atoms with Gasteiger partial charge < -0.3 is 4.74 Å². The van der Waals surface area contributed by atoms with Crippen LogP contribution in [0.5, 0.6) is 0 Å². The van der Waals surface area contributed by atoms with Gasteiger partial charge in [0, 0.05) is 12.3 Å². The number of ketones is 1. The highest BCUT2D eigenvalue weighted by Crippen LogP contribution is 2.26. The topological polar surface area (TPSA) is 26.3 Å². The molecule has 0 saturated carbocycles. The third-order valence-corrected chi connectivity index (χ3v) is 4.07. The molecule has 0 aromatic rings. The lowest BCUT2D eigenvalue weighted by Gasteiger charge is -2.14. The molecule has 2 nitrogen and oxygen atoms in total. The van der Waals surface area contributed by atoms with Gasteiger partial charge in [-0.25, -0.2) is 0 Å².